The van der Waals surface area contributed by atoms with Gasteiger partial charge in [0.2, 0.25) is 0 Å². The summed E-state index contributed by atoms with van der Waals surface area (Å²) in [5.74, 6) is 1.62. The summed E-state index contributed by atoms with van der Waals surface area (Å²) < 4.78 is 5.74. The summed E-state index contributed by atoms with van der Waals surface area (Å²) in [5.41, 5.74) is 0. The van der Waals surface area contributed by atoms with E-state index < -0.39 is 0 Å². The van der Waals surface area contributed by atoms with Gasteiger partial charge in [-0.05, 0) is 42.5 Å². The number of hydrogen-bond acceptors (Lipinski definition) is 3. The Kier molecular flexibility index (Phi) is 4.35. The lowest BCUT2D eigenvalue weighted by Crippen LogP contribution is -2.28. The van der Waals surface area contributed by atoms with Crippen LogP contribution in [0.15, 0.2) is 17.5 Å². The lowest BCUT2D eigenvalue weighted by Gasteiger charge is -2.31. The molecule has 1 aromatic heterocycles. The van der Waals surface area contributed by atoms with Crippen LogP contribution in [0.4, 0.5) is 0 Å². The van der Waals surface area contributed by atoms with Crippen molar-refractivity contribution in [2.24, 2.45) is 11.8 Å². The van der Waals surface area contributed by atoms with Gasteiger partial charge in [0.15, 0.2) is 5.78 Å². The smallest absolute Gasteiger partial charge is 0.198 e. The molecule has 0 spiro atoms. The minimum absolute atomic E-state index is 0.117. The molecule has 3 atom stereocenters. The SMILES string of the molecule is CC1CCC(OCC(=O)c2cccs2)CC1C. The predicted octanol–water partition coefficient (Wildman–Crippen LogP) is 3.77. The van der Waals surface area contributed by atoms with E-state index in [-0.39, 0.29) is 18.5 Å². The molecule has 3 unspecified atom stereocenters. The molecule has 1 saturated carbocycles. The van der Waals surface area contributed by atoms with E-state index in [2.05, 4.69) is 13.8 Å². The summed E-state index contributed by atoms with van der Waals surface area (Å²) in [6.45, 7) is 4.82. The highest BCUT2D eigenvalue weighted by atomic mass is 32.1. The minimum Gasteiger partial charge on any atom is -0.370 e. The summed E-state index contributed by atoms with van der Waals surface area (Å²) in [7, 11) is 0. The van der Waals surface area contributed by atoms with Gasteiger partial charge >= 0.3 is 0 Å². The van der Waals surface area contributed by atoms with Crippen LogP contribution in [0.1, 0.15) is 42.8 Å². The van der Waals surface area contributed by atoms with E-state index in [0.29, 0.717) is 5.92 Å². The Morgan fingerprint density at radius 1 is 1.41 bits per heavy atom. The zero-order chi connectivity index (χ0) is 12.3. The van der Waals surface area contributed by atoms with Crippen molar-refractivity contribution < 1.29 is 9.53 Å². The molecule has 1 aromatic rings. The Morgan fingerprint density at radius 3 is 2.88 bits per heavy atom. The number of thiophene rings is 1. The molecule has 1 aliphatic rings. The van der Waals surface area contributed by atoms with Crippen molar-refractivity contribution >= 4 is 17.1 Å². The van der Waals surface area contributed by atoms with Crippen LogP contribution in [0.2, 0.25) is 0 Å². The molecule has 1 heterocycles. The predicted molar refractivity (Wildman–Crippen MR) is 70.6 cm³/mol. The molecule has 3 heteroatoms. The first kappa shape index (κ1) is 12.8. The fraction of sp³-hybridized carbons (Fsp3) is 0.643. The van der Waals surface area contributed by atoms with Crippen LogP contribution >= 0.6 is 11.3 Å². The van der Waals surface area contributed by atoms with Crippen LogP contribution < -0.4 is 0 Å². The topological polar surface area (TPSA) is 26.3 Å². The Hall–Kier alpha value is -0.670. The number of Topliss-reactive ketones (excluding diaryl/α,β-unsaturated/α-hetero) is 1. The molecule has 0 amide bonds. The first-order valence-corrected chi connectivity index (χ1v) is 7.23. The second-order valence-electron chi connectivity index (χ2n) is 5.10. The Labute approximate surface area is 107 Å². The van der Waals surface area contributed by atoms with Crippen LogP contribution in [-0.4, -0.2) is 18.5 Å². The molecule has 0 N–H and O–H groups in total. The maximum absolute atomic E-state index is 11.8. The summed E-state index contributed by atoms with van der Waals surface area (Å²) in [6.07, 6.45) is 3.70. The van der Waals surface area contributed by atoms with Crippen molar-refractivity contribution in [1.82, 2.24) is 0 Å². The maximum Gasteiger partial charge on any atom is 0.198 e. The van der Waals surface area contributed by atoms with E-state index in [1.165, 1.54) is 17.8 Å². The molecule has 17 heavy (non-hydrogen) atoms. The zero-order valence-electron chi connectivity index (χ0n) is 10.5. The molecule has 0 bridgehead atoms. The molecular formula is C14H20O2S. The summed E-state index contributed by atoms with van der Waals surface area (Å²) in [4.78, 5) is 12.6. The quantitative estimate of drug-likeness (QED) is 0.762. The molecular weight excluding hydrogens is 232 g/mol. The molecule has 2 rings (SSSR count). The summed E-state index contributed by atoms with van der Waals surface area (Å²) in [5, 5.41) is 1.93. The number of ether oxygens (including phenoxy) is 1. The third-order valence-electron chi connectivity index (χ3n) is 3.80. The van der Waals surface area contributed by atoms with Gasteiger partial charge in [-0.15, -0.1) is 11.3 Å². The number of hydrogen-bond donors (Lipinski definition) is 0. The van der Waals surface area contributed by atoms with Crippen LogP contribution in [0.5, 0.6) is 0 Å². The van der Waals surface area contributed by atoms with Gasteiger partial charge in [-0.3, -0.25) is 4.79 Å². The lowest BCUT2D eigenvalue weighted by atomic mass is 9.80. The van der Waals surface area contributed by atoms with Crippen molar-refractivity contribution in [3.8, 4) is 0 Å². The highest BCUT2D eigenvalue weighted by Gasteiger charge is 2.25. The van der Waals surface area contributed by atoms with E-state index in [1.54, 1.807) is 0 Å². The van der Waals surface area contributed by atoms with Crippen molar-refractivity contribution in [1.29, 1.82) is 0 Å². The highest BCUT2D eigenvalue weighted by Crippen LogP contribution is 2.30. The largest absolute Gasteiger partial charge is 0.370 e. The van der Waals surface area contributed by atoms with Crippen LogP contribution in [0, 0.1) is 11.8 Å². The maximum atomic E-state index is 11.8. The van der Waals surface area contributed by atoms with Gasteiger partial charge in [0, 0.05) is 0 Å². The van der Waals surface area contributed by atoms with Crippen molar-refractivity contribution in [2.75, 3.05) is 6.61 Å². The lowest BCUT2D eigenvalue weighted by molar-refractivity contribution is 0.00723. The van der Waals surface area contributed by atoms with Crippen LogP contribution in [-0.2, 0) is 4.74 Å². The van der Waals surface area contributed by atoms with E-state index >= 15 is 0 Å². The Balaban J connectivity index is 1.77. The number of rotatable bonds is 4. The van der Waals surface area contributed by atoms with E-state index in [4.69, 9.17) is 4.74 Å². The minimum atomic E-state index is 0.117. The van der Waals surface area contributed by atoms with Gasteiger partial charge < -0.3 is 4.74 Å². The molecule has 0 aromatic carbocycles. The first-order valence-electron chi connectivity index (χ1n) is 6.35. The second-order valence-corrected chi connectivity index (χ2v) is 6.05. The Morgan fingerprint density at radius 2 is 2.24 bits per heavy atom. The van der Waals surface area contributed by atoms with Gasteiger partial charge in [0.1, 0.15) is 6.61 Å². The summed E-state index contributed by atoms with van der Waals surface area (Å²) >= 11 is 1.49. The molecule has 0 radical (unpaired) electrons. The number of carbonyl (C=O) groups is 1. The van der Waals surface area contributed by atoms with E-state index in [9.17, 15) is 4.79 Å². The Bertz CT molecular complexity index is 358. The van der Waals surface area contributed by atoms with Gasteiger partial charge in [-0.25, -0.2) is 0 Å². The molecule has 94 valence electrons. The van der Waals surface area contributed by atoms with Crippen molar-refractivity contribution in [3.63, 3.8) is 0 Å². The number of carbonyl (C=O) groups excluding carboxylic acids is 1. The van der Waals surface area contributed by atoms with Crippen LogP contribution in [0.3, 0.4) is 0 Å². The van der Waals surface area contributed by atoms with Crippen LogP contribution in [0.25, 0.3) is 0 Å². The first-order chi connectivity index (χ1) is 8.16. The van der Waals surface area contributed by atoms with Crippen molar-refractivity contribution in [2.45, 2.75) is 39.2 Å². The molecule has 1 aliphatic carbocycles. The van der Waals surface area contributed by atoms with Gasteiger partial charge in [-0.1, -0.05) is 19.9 Å². The zero-order valence-corrected chi connectivity index (χ0v) is 11.3. The van der Waals surface area contributed by atoms with Gasteiger partial charge in [0.25, 0.3) is 0 Å². The second kappa shape index (κ2) is 5.78. The monoisotopic (exact) mass is 252 g/mol. The summed E-state index contributed by atoms with van der Waals surface area (Å²) in [6, 6.07) is 3.77. The average Bonchev–Trinajstić information content (AvgIpc) is 2.84. The highest BCUT2D eigenvalue weighted by molar-refractivity contribution is 7.12. The third-order valence-corrected chi connectivity index (χ3v) is 4.71. The number of ketones is 1. The molecule has 0 aliphatic heterocycles. The third kappa shape index (κ3) is 3.39. The van der Waals surface area contributed by atoms with E-state index in [0.717, 1.165) is 23.6 Å². The molecule has 0 saturated heterocycles. The van der Waals surface area contributed by atoms with E-state index in [1.807, 2.05) is 17.5 Å². The van der Waals surface area contributed by atoms with Gasteiger partial charge in [-0.2, -0.15) is 0 Å². The molecule has 2 nitrogen and oxygen atoms in total. The standard InChI is InChI=1S/C14H20O2S/c1-10-5-6-12(8-11(10)2)16-9-13(15)14-4-3-7-17-14/h3-4,7,10-12H,5-6,8-9H2,1-2H3. The average molecular weight is 252 g/mol. The fourth-order valence-electron chi connectivity index (χ4n) is 2.35. The normalized spacial score (nSPS) is 29.2. The van der Waals surface area contributed by atoms with Gasteiger partial charge in [0.05, 0.1) is 11.0 Å². The fourth-order valence-corrected chi connectivity index (χ4v) is 3.00. The molecule has 1 fully saturated rings. The van der Waals surface area contributed by atoms with Crippen molar-refractivity contribution in [3.05, 3.63) is 22.4 Å².